The Morgan fingerprint density at radius 1 is 1.21 bits per heavy atom. The number of nitrogens with zero attached hydrogens (tertiary/aromatic N) is 3. The Hall–Kier alpha value is -1.73. The van der Waals surface area contributed by atoms with Gasteiger partial charge in [0.25, 0.3) is 0 Å². The van der Waals surface area contributed by atoms with Gasteiger partial charge in [-0.3, -0.25) is 0 Å². The summed E-state index contributed by atoms with van der Waals surface area (Å²) in [5.41, 5.74) is 9.49. The summed E-state index contributed by atoms with van der Waals surface area (Å²) in [4.78, 5) is 2.78. The number of hydrogen-bond donors (Lipinski definition) is 2. The number of phenolic OH excluding ortho intramolecular Hbond substituents is 1. The van der Waals surface area contributed by atoms with E-state index in [1.54, 1.807) is 6.07 Å². The highest BCUT2D eigenvalue weighted by Crippen LogP contribution is 2.58. The van der Waals surface area contributed by atoms with Crippen molar-refractivity contribution in [3.8, 4) is 5.75 Å². The lowest BCUT2D eigenvalue weighted by molar-refractivity contribution is -0.223. The van der Waals surface area contributed by atoms with Gasteiger partial charge in [-0.15, -0.1) is 0 Å². The van der Waals surface area contributed by atoms with Crippen molar-refractivity contribution in [1.82, 2.24) is 0 Å². The minimum absolute atomic E-state index is 0.0651. The maximum atomic E-state index is 14.2. The van der Waals surface area contributed by atoms with Crippen LogP contribution in [0.15, 0.2) is 35.0 Å². The van der Waals surface area contributed by atoms with E-state index in [2.05, 4.69) is 16.1 Å². The van der Waals surface area contributed by atoms with Crippen LogP contribution in [0.1, 0.15) is 76.9 Å². The van der Waals surface area contributed by atoms with Gasteiger partial charge in [0.2, 0.25) is 0 Å². The average Bonchev–Trinajstić information content (AvgIpc) is 2.82. The SMILES string of the molecule is CC1(C)OC(c2ccc(O)c(F)c2)C2CC1(CO)CC=C2CCCSCCCCCCN=[N+]=[N-]. The maximum absolute atomic E-state index is 14.2. The molecule has 3 atom stereocenters. The molecule has 1 aliphatic heterocycles. The summed E-state index contributed by atoms with van der Waals surface area (Å²) in [6.45, 7) is 4.71. The molecule has 2 aliphatic rings. The minimum Gasteiger partial charge on any atom is -0.505 e. The van der Waals surface area contributed by atoms with Crippen LogP contribution >= 0.6 is 11.8 Å². The Bertz CT molecular complexity index is 903. The number of aliphatic hydroxyl groups excluding tert-OH is 1. The smallest absolute Gasteiger partial charge is 0.165 e. The number of phenols is 1. The molecule has 188 valence electrons. The third-order valence-corrected chi connectivity index (χ3v) is 8.78. The van der Waals surface area contributed by atoms with E-state index in [9.17, 15) is 14.6 Å². The highest BCUT2D eigenvalue weighted by molar-refractivity contribution is 7.99. The van der Waals surface area contributed by atoms with Crippen molar-refractivity contribution < 1.29 is 19.3 Å². The second kappa shape index (κ2) is 12.3. The number of aliphatic hydroxyl groups is 1. The van der Waals surface area contributed by atoms with E-state index in [1.165, 1.54) is 30.5 Å². The van der Waals surface area contributed by atoms with Gasteiger partial charge in [-0.05, 0) is 87.1 Å². The standard InChI is InChI=1S/C26H38FN3O3S/c1-25(2)26(18-31)12-11-19(8-7-15-34-14-6-4-3-5-13-29-30-28)21(17-26)24(33-25)20-9-10-23(32)22(27)16-20/h9-11,16,21,24,31-32H,3-8,12-15,17-18H2,1-2H3. The second-order valence-electron chi connectivity index (χ2n) is 10.1. The van der Waals surface area contributed by atoms with Crippen LogP contribution in [0.5, 0.6) is 5.75 Å². The van der Waals surface area contributed by atoms with Gasteiger partial charge in [-0.25, -0.2) is 4.39 Å². The zero-order chi connectivity index (χ0) is 24.6. The quantitative estimate of drug-likeness (QED) is 0.101. The first-order valence-corrected chi connectivity index (χ1v) is 13.5. The van der Waals surface area contributed by atoms with Crippen LogP contribution in [0.3, 0.4) is 0 Å². The Labute approximate surface area is 206 Å². The molecule has 1 aromatic rings. The fourth-order valence-electron chi connectivity index (χ4n) is 5.30. The molecule has 1 heterocycles. The van der Waals surface area contributed by atoms with Crippen molar-refractivity contribution in [2.24, 2.45) is 16.4 Å². The van der Waals surface area contributed by atoms with Gasteiger partial charge in [0.15, 0.2) is 11.6 Å². The van der Waals surface area contributed by atoms with E-state index in [1.807, 2.05) is 25.6 Å². The molecule has 0 saturated carbocycles. The summed E-state index contributed by atoms with van der Waals surface area (Å²) in [6.07, 6.45) is 10.1. The molecule has 3 rings (SSSR count). The Morgan fingerprint density at radius 2 is 1.97 bits per heavy atom. The molecule has 0 aromatic heterocycles. The molecule has 6 nitrogen and oxygen atoms in total. The largest absolute Gasteiger partial charge is 0.505 e. The summed E-state index contributed by atoms with van der Waals surface area (Å²) >= 11 is 1.98. The summed E-state index contributed by atoms with van der Waals surface area (Å²) in [5, 5.41) is 23.5. The number of allylic oxidation sites excluding steroid dienone is 1. The molecule has 0 radical (unpaired) electrons. The molecule has 0 spiro atoms. The number of fused-ring (bicyclic) bond motifs is 2. The summed E-state index contributed by atoms with van der Waals surface area (Å²) in [6, 6.07) is 4.53. The molecule has 8 heteroatoms. The van der Waals surface area contributed by atoms with E-state index >= 15 is 0 Å². The third kappa shape index (κ3) is 6.28. The number of ether oxygens (including phenoxy) is 1. The Morgan fingerprint density at radius 3 is 2.71 bits per heavy atom. The van der Waals surface area contributed by atoms with Crippen molar-refractivity contribution in [3.05, 3.63) is 51.7 Å². The average molecular weight is 492 g/mol. The predicted molar refractivity (Wildman–Crippen MR) is 135 cm³/mol. The van der Waals surface area contributed by atoms with Crippen LogP contribution in [0.25, 0.3) is 10.4 Å². The molecule has 2 bridgehead atoms. The van der Waals surface area contributed by atoms with Crippen molar-refractivity contribution in [2.75, 3.05) is 24.7 Å². The monoisotopic (exact) mass is 491 g/mol. The topological polar surface area (TPSA) is 98.5 Å². The van der Waals surface area contributed by atoms with E-state index < -0.39 is 11.4 Å². The van der Waals surface area contributed by atoms with Crippen LogP contribution in [-0.2, 0) is 4.74 Å². The number of halogens is 1. The number of thioether (sulfide) groups is 1. The fraction of sp³-hybridized carbons (Fsp3) is 0.692. The highest BCUT2D eigenvalue weighted by atomic mass is 32.2. The van der Waals surface area contributed by atoms with Crippen molar-refractivity contribution in [2.45, 2.75) is 76.9 Å². The third-order valence-electron chi connectivity index (χ3n) is 7.62. The number of aromatic hydroxyl groups is 1. The van der Waals surface area contributed by atoms with E-state index in [4.69, 9.17) is 10.3 Å². The first-order valence-electron chi connectivity index (χ1n) is 12.4. The van der Waals surface area contributed by atoms with Gasteiger partial charge in [-0.1, -0.05) is 35.7 Å². The highest BCUT2D eigenvalue weighted by Gasteiger charge is 2.55. The molecule has 2 N–H and O–H groups in total. The molecule has 1 aromatic carbocycles. The van der Waals surface area contributed by atoms with Gasteiger partial charge in [0.1, 0.15) is 0 Å². The molecule has 1 aliphatic carbocycles. The van der Waals surface area contributed by atoms with Crippen molar-refractivity contribution in [1.29, 1.82) is 0 Å². The molecular weight excluding hydrogens is 453 g/mol. The lowest BCUT2D eigenvalue weighted by Crippen LogP contribution is -2.56. The van der Waals surface area contributed by atoms with Crippen molar-refractivity contribution >= 4 is 11.8 Å². The van der Waals surface area contributed by atoms with Gasteiger partial charge in [-0.2, -0.15) is 11.8 Å². The number of hydrogen-bond acceptors (Lipinski definition) is 5. The van der Waals surface area contributed by atoms with Crippen LogP contribution in [0.4, 0.5) is 4.39 Å². The lowest BCUT2D eigenvalue weighted by atomic mass is 9.58. The maximum Gasteiger partial charge on any atom is 0.165 e. The summed E-state index contributed by atoms with van der Waals surface area (Å²) in [7, 11) is 0. The minimum atomic E-state index is -0.631. The van der Waals surface area contributed by atoms with E-state index in [0.717, 1.165) is 55.6 Å². The van der Waals surface area contributed by atoms with Gasteiger partial charge in [0.05, 0.1) is 18.3 Å². The molecule has 0 amide bonds. The molecule has 34 heavy (non-hydrogen) atoms. The van der Waals surface area contributed by atoms with Crippen LogP contribution in [0.2, 0.25) is 0 Å². The van der Waals surface area contributed by atoms with Crippen LogP contribution < -0.4 is 0 Å². The Balaban J connectivity index is 1.56. The second-order valence-corrected chi connectivity index (χ2v) is 11.3. The van der Waals surface area contributed by atoms with Gasteiger partial charge >= 0.3 is 0 Å². The normalized spacial score (nSPS) is 25.5. The number of rotatable bonds is 13. The van der Waals surface area contributed by atoms with Gasteiger partial charge < -0.3 is 14.9 Å². The number of benzene rings is 1. The molecule has 3 unspecified atom stereocenters. The van der Waals surface area contributed by atoms with Gasteiger partial charge in [0, 0.05) is 22.8 Å². The predicted octanol–water partition coefficient (Wildman–Crippen LogP) is 7.08. The van der Waals surface area contributed by atoms with Crippen LogP contribution in [-0.4, -0.2) is 40.5 Å². The lowest BCUT2D eigenvalue weighted by Gasteiger charge is -2.57. The molecule has 1 saturated heterocycles. The summed E-state index contributed by atoms with van der Waals surface area (Å²) in [5.74, 6) is 1.35. The first kappa shape index (κ1) is 26.9. The Kier molecular flexibility index (Phi) is 9.72. The van der Waals surface area contributed by atoms with Crippen LogP contribution in [0, 0.1) is 17.2 Å². The zero-order valence-corrected chi connectivity index (χ0v) is 21.2. The summed E-state index contributed by atoms with van der Waals surface area (Å²) < 4.78 is 20.7. The molecule has 1 fully saturated rings. The molecular formula is C26H38FN3O3S. The first-order chi connectivity index (χ1) is 16.3. The van der Waals surface area contributed by atoms with Crippen molar-refractivity contribution in [3.63, 3.8) is 0 Å². The number of azide groups is 1. The van der Waals surface area contributed by atoms with E-state index in [-0.39, 0.29) is 29.8 Å². The van der Waals surface area contributed by atoms with E-state index in [0.29, 0.717) is 6.54 Å². The number of unbranched alkanes of at least 4 members (excludes halogenated alkanes) is 3. The fourth-order valence-corrected chi connectivity index (χ4v) is 6.26. The zero-order valence-electron chi connectivity index (χ0n) is 20.4.